The zero-order valence-corrected chi connectivity index (χ0v) is 12.9. The van der Waals surface area contributed by atoms with Crippen LogP contribution in [0, 0.1) is 0 Å². The zero-order valence-electron chi connectivity index (χ0n) is 12.1. The number of rotatable bonds is 5. The van der Waals surface area contributed by atoms with Crippen molar-refractivity contribution in [3.8, 4) is 0 Å². The Labute approximate surface area is 128 Å². The van der Waals surface area contributed by atoms with Crippen molar-refractivity contribution in [2.75, 3.05) is 30.0 Å². The van der Waals surface area contributed by atoms with Crippen LogP contribution in [0.3, 0.4) is 0 Å². The molecule has 1 fully saturated rings. The highest BCUT2D eigenvalue weighted by molar-refractivity contribution is 7.99. The summed E-state index contributed by atoms with van der Waals surface area (Å²) < 4.78 is 4.91. The molecule has 1 saturated heterocycles. The van der Waals surface area contributed by atoms with Gasteiger partial charge in [0.05, 0.1) is 12.2 Å². The Bertz CT molecular complexity index is 484. The second-order valence-electron chi connectivity index (χ2n) is 4.78. The number of anilines is 1. The molecule has 0 radical (unpaired) electrons. The van der Waals surface area contributed by atoms with Gasteiger partial charge in [-0.2, -0.15) is 11.8 Å². The van der Waals surface area contributed by atoms with E-state index in [9.17, 15) is 9.59 Å². The molecule has 1 amide bonds. The number of carbonyl (C=O) groups is 2. The molecule has 1 aromatic rings. The van der Waals surface area contributed by atoms with Crippen LogP contribution in [0.15, 0.2) is 24.3 Å². The van der Waals surface area contributed by atoms with Crippen LogP contribution >= 0.6 is 11.8 Å². The van der Waals surface area contributed by atoms with Crippen molar-refractivity contribution in [2.45, 2.75) is 19.4 Å². The van der Waals surface area contributed by atoms with Gasteiger partial charge in [-0.1, -0.05) is 0 Å². The van der Waals surface area contributed by atoms with E-state index in [1.165, 1.54) is 0 Å². The van der Waals surface area contributed by atoms with Gasteiger partial charge in [0, 0.05) is 36.2 Å². The molecule has 1 aliphatic heterocycles. The lowest BCUT2D eigenvalue weighted by atomic mass is 10.2. The third-order valence-electron chi connectivity index (χ3n) is 3.11. The van der Waals surface area contributed by atoms with Gasteiger partial charge in [-0.3, -0.25) is 4.79 Å². The molecule has 0 bridgehead atoms. The first kappa shape index (κ1) is 15.9. The van der Waals surface area contributed by atoms with E-state index >= 15 is 0 Å². The predicted octanol–water partition coefficient (Wildman–Crippen LogP) is 1.90. The van der Waals surface area contributed by atoms with Gasteiger partial charge in [0.25, 0.3) is 0 Å². The molecule has 6 heteroatoms. The maximum Gasteiger partial charge on any atom is 0.338 e. The average molecular weight is 308 g/mol. The quantitative estimate of drug-likeness (QED) is 0.813. The summed E-state index contributed by atoms with van der Waals surface area (Å²) in [7, 11) is 0. The van der Waals surface area contributed by atoms with E-state index in [1.807, 2.05) is 11.8 Å². The fourth-order valence-corrected chi connectivity index (χ4v) is 3.04. The summed E-state index contributed by atoms with van der Waals surface area (Å²) in [5.74, 6) is 1.71. The fraction of sp³-hybridized carbons (Fsp3) is 0.467. The Kier molecular flexibility index (Phi) is 6.07. The molecule has 1 atom stereocenters. The maximum atomic E-state index is 11.9. The van der Waals surface area contributed by atoms with Crippen LogP contribution in [0.25, 0.3) is 0 Å². The normalized spacial score (nSPS) is 18.0. The topological polar surface area (TPSA) is 67.4 Å². The van der Waals surface area contributed by atoms with Crippen LogP contribution in [0.5, 0.6) is 0 Å². The average Bonchev–Trinajstić information content (AvgIpc) is 2.49. The monoisotopic (exact) mass is 308 g/mol. The third-order valence-corrected chi connectivity index (χ3v) is 4.24. The number of hydrogen-bond donors (Lipinski definition) is 2. The maximum absolute atomic E-state index is 11.9. The highest BCUT2D eigenvalue weighted by Gasteiger charge is 2.16. The van der Waals surface area contributed by atoms with Gasteiger partial charge in [0.2, 0.25) is 5.91 Å². The predicted molar refractivity (Wildman–Crippen MR) is 84.8 cm³/mol. The van der Waals surface area contributed by atoms with E-state index in [2.05, 4.69) is 10.6 Å². The molecule has 21 heavy (non-hydrogen) atoms. The van der Waals surface area contributed by atoms with Crippen molar-refractivity contribution in [3.05, 3.63) is 29.8 Å². The molecule has 2 N–H and O–H groups in total. The number of thioether (sulfide) groups is 1. The number of carbonyl (C=O) groups excluding carboxylic acids is 2. The molecule has 5 nitrogen and oxygen atoms in total. The summed E-state index contributed by atoms with van der Waals surface area (Å²) in [6.07, 6.45) is 0.465. The first-order valence-electron chi connectivity index (χ1n) is 7.07. The number of amides is 1. The Morgan fingerprint density at radius 3 is 2.76 bits per heavy atom. The number of nitrogens with one attached hydrogen (secondary N) is 2. The van der Waals surface area contributed by atoms with Crippen molar-refractivity contribution >= 4 is 29.3 Å². The van der Waals surface area contributed by atoms with Crippen molar-refractivity contribution in [2.24, 2.45) is 0 Å². The van der Waals surface area contributed by atoms with Crippen LogP contribution in [0.1, 0.15) is 23.7 Å². The second-order valence-corrected chi connectivity index (χ2v) is 5.93. The van der Waals surface area contributed by atoms with Gasteiger partial charge < -0.3 is 15.4 Å². The van der Waals surface area contributed by atoms with Crippen LogP contribution in [0.2, 0.25) is 0 Å². The van der Waals surface area contributed by atoms with Gasteiger partial charge in [-0.25, -0.2) is 4.79 Å². The molecule has 0 saturated carbocycles. The van der Waals surface area contributed by atoms with Gasteiger partial charge in [0.1, 0.15) is 0 Å². The third kappa shape index (κ3) is 5.06. The SMILES string of the molecule is CCOC(=O)c1ccc(NC(=O)CC2CSCCN2)cc1. The Hall–Kier alpha value is -1.53. The number of esters is 1. The molecule has 0 spiro atoms. The van der Waals surface area contributed by atoms with E-state index in [0.717, 1.165) is 18.1 Å². The Morgan fingerprint density at radius 2 is 2.14 bits per heavy atom. The molecule has 0 aromatic heterocycles. The molecular formula is C15H20N2O3S. The van der Waals surface area contributed by atoms with Crippen molar-refractivity contribution in [1.82, 2.24) is 5.32 Å². The van der Waals surface area contributed by atoms with E-state index in [4.69, 9.17) is 4.74 Å². The summed E-state index contributed by atoms with van der Waals surface area (Å²) in [4.78, 5) is 23.5. The highest BCUT2D eigenvalue weighted by atomic mass is 32.2. The van der Waals surface area contributed by atoms with E-state index < -0.39 is 0 Å². The van der Waals surface area contributed by atoms with Crippen LogP contribution in [-0.4, -0.2) is 42.6 Å². The summed E-state index contributed by atoms with van der Waals surface area (Å²) in [5.41, 5.74) is 1.18. The first-order chi connectivity index (χ1) is 10.2. The first-order valence-corrected chi connectivity index (χ1v) is 8.22. The number of ether oxygens (including phenoxy) is 1. The van der Waals surface area contributed by atoms with Crippen molar-refractivity contribution in [1.29, 1.82) is 0 Å². The van der Waals surface area contributed by atoms with E-state index in [1.54, 1.807) is 31.2 Å². The van der Waals surface area contributed by atoms with Crippen LogP contribution < -0.4 is 10.6 Å². The Morgan fingerprint density at radius 1 is 1.38 bits per heavy atom. The standard InChI is InChI=1S/C15H20N2O3S/c1-2-20-15(19)11-3-5-12(6-4-11)17-14(18)9-13-10-21-8-7-16-13/h3-6,13,16H,2,7-10H2,1H3,(H,17,18). The van der Waals surface area contributed by atoms with Crippen LogP contribution in [0.4, 0.5) is 5.69 Å². The molecule has 1 aliphatic rings. The second kappa shape index (κ2) is 8.05. The van der Waals surface area contributed by atoms with Gasteiger partial charge in [0.15, 0.2) is 0 Å². The molecule has 2 rings (SSSR count). The highest BCUT2D eigenvalue weighted by Crippen LogP contribution is 2.13. The van der Waals surface area contributed by atoms with E-state index in [0.29, 0.717) is 24.3 Å². The van der Waals surface area contributed by atoms with Crippen molar-refractivity contribution < 1.29 is 14.3 Å². The number of hydrogen-bond acceptors (Lipinski definition) is 5. The fourth-order valence-electron chi connectivity index (χ4n) is 2.09. The minimum atomic E-state index is -0.348. The lowest BCUT2D eigenvalue weighted by molar-refractivity contribution is -0.116. The minimum Gasteiger partial charge on any atom is -0.462 e. The minimum absolute atomic E-state index is 0.0149. The van der Waals surface area contributed by atoms with Gasteiger partial charge in [-0.15, -0.1) is 0 Å². The van der Waals surface area contributed by atoms with Gasteiger partial charge in [-0.05, 0) is 31.2 Å². The zero-order chi connectivity index (χ0) is 15.1. The molecular weight excluding hydrogens is 288 g/mol. The lowest BCUT2D eigenvalue weighted by Gasteiger charge is -2.22. The van der Waals surface area contributed by atoms with Crippen molar-refractivity contribution in [3.63, 3.8) is 0 Å². The number of benzene rings is 1. The largest absolute Gasteiger partial charge is 0.462 e. The summed E-state index contributed by atoms with van der Waals surface area (Å²) in [5, 5.41) is 6.18. The van der Waals surface area contributed by atoms with Crippen LogP contribution in [-0.2, 0) is 9.53 Å². The van der Waals surface area contributed by atoms with Gasteiger partial charge >= 0.3 is 5.97 Å². The lowest BCUT2D eigenvalue weighted by Crippen LogP contribution is -2.39. The summed E-state index contributed by atoms with van der Waals surface area (Å²) in [6.45, 7) is 3.07. The smallest absolute Gasteiger partial charge is 0.338 e. The molecule has 114 valence electrons. The molecule has 0 aliphatic carbocycles. The summed E-state index contributed by atoms with van der Waals surface area (Å²) >= 11 is 1.87. The molecule has 1 unspecified atom stereocenters. The van der Waals surface area contributed by atoms with E-state index in [-0.39, 0.29) is 17.9 Å². The molecule has 1 heterocycles. The summed E-state index contributed by atoms with van der Waals surface area (Å²) in [6, 6.07) is 6.98. The Balaban J connectivity index is 1.84. The molecule has 1 aromatic carbocycles.